The molecule has 0 radical (unpaired) electrons. The fourth-order valence-corrected chi connectivity index (χ4v) is 4.02. The second kappa shape index (κ2) is 6.13. The summed E-state index contributed by atoms with van der Waals surface area (Å²) in [7, 11) is 0. The second-order valence-electron chi connectivity index (χ2n) is 6.70. The van der Waals surface area contributed by atoms with Crippen molar-refractivity contribution in [2.45, 2.75) is 39.3 Å². The molecule has 0 aliphatic carbocycles. The third-order valence-electron chi connectivity index (χ3n) is 5.14. The Balaban J connectivity index is 1.80. The molecule has 4 rings (SSSR count). The van der Waals surface area contributed by atoms with E-state index in [1.54, 1.807) is 0 Å². The van der Waals surface area contributed by atoms with Crippen molar-refractivity contribution >= 4 is 17.0 Å². The SMILES string of the molecule is CCOC(=O)N1CCc2c(c3cc(C)ccc3n2C2CCOC2)C1. The van der Waals surface area contributed by atoms with Gasteiger partial charge in [0.05, 0.1) is 25.8 Å². The highest BCUT2D eigenvalue weighted by atomic mass is 16.6. The summed E-state index contributed by atoms with van der Waals surface area (Å²) in [4.78, 5) is 14.0. The van der Waals surface area contributed by atoms with Crippen LogP contribution in [0.3, 0.4) is 0 Å². The minimum absolute atomic E-state index is 0.207. The Morgan fingerprint density at radius 1 is 1.42 bits per heavy atom. The monoisotopic (exact) mass is 328 g/mol. The van der Waals surface area contributed by atoms with E-state index in [0.29, 0.717) is 25.7 Å². The van der Waals surface area contributed by atoms with Crippen molar-refractivity contribution < 1.29 is 14.3 Å². The number of hydrogen-bond donors (Lipinski definition) is 0. The van der Waals surface area contributed by atoms with Gasteiger partial charge in [-0.05, 0) is 32.4 Å². The quantitative estimate of drug-likeness (QED) is 0.848. The smallest absolute Gasteiger partial charge is 0.410 e. The molecule has 0 bridgehead atoms. The first-order valence-corrected chi connectivity index (χ1v) is 8.80. The van der Waals surface area contributed by atoms with Crippen LogP contribution in [0.1, 0.15) is 36.2 Å². The summed E-state index contributed by atoms with van der Waals surface area (Å²) in [5.74, 6) is 0. The van der Waals surface area contributed by atoms with Gasteiger partial charge in [-0.2, -0.15) is 0 Å². The molecule has 1 aromatic carbocycles. The molecule has 1 atom stereocenters. The van der Waals surface area contributed by atoms with Gasteiger partial charge in [-0.15, -0.1) is 0 Å². The number of fused-ring (bicyclic) bond motifs is 3. The highest BCUT2D eigenvalue weighted by molar-refractivity contribution is 5.87. The summed E-state index contributed by atoms with van der Waals surface area (Å²) in [6.07, 6.45) is 1.73. The third kappa shape index (κ3) is 2.47. The van der Waals surface area contributed by atoms with Crippen LogP contribution < -0.4 is 0 Å². The van der Waals surface area contributed by atoms with E-state index >= 15 is 0 Å². The second-order valence-corrected chi connectivity index (χ2v) is 6.70. The van der Waals surface area contributed by atoms with Crippen molar-refractivity contribution in [3.8, 4) is 0 Å². The molecule has 0 spiro atoms. The molecule has 2 aromatic rings. The summed E-state index contributed by atoms with van der Waals surface area (Å²) in [5.41, 5.74) is 5.16. The minimum atomic E-state index is -0.207. The van der Waals surface area contributed by atoms with Gasteiger partial charge in [0.2, 0.25) is 0 Å². The number of hydrogen-bond acceptors (Lipinski definition) is 3. The zero-order valence-corrected chi connectivity index (χ0v) is 14.4. The highest BCUT2D eigenvalue weighted by Crippen LogP contribution is 2.36. The van der Waals surface area contributed by atoms with E-state index in [2.05, 4.69) is 29.7 Å². The molecule has 0 saturated carbocycles. The molecule has 5 heteroatoms. The molecule has 2 aliphatic heterocycles. The molecule has 1 aromatic heterocycles. The van der Waals surface area contributed by atoms with Crippen LogP contribution in [-0.4, -0.2) is 41.9 Å². The molecule has 2 aliphatic rings. The summed E-state index contributed by atoms with van der Waals surface area (Å²) >= 11 is 0. The Morgan fingerprint density at radius 2 is 2.29 bits per heavy atom. The zero-order valence-electron chi connectivity index (χ0n) is 14.4. The minimum Gasteiger partial charge on any atom is -0.450 e. The van der Waals surface area contributed by atoms with Crippen LogP contribution in [0.15, 0.2) is 18.2 Å². The van der Waals surface area contributed by atoms with E-state index in [1.165, 1.54) is 27.7 Å². The third-order valence-corrected chi connectivity index (χ3v) is 5.14. The Kier molecular flexibility index (Phi) is 3.96. The molecule has 1 saturated heterocycles. The molecule has 24 heavy (non-hydrogen) atoms. The molecule has 0 N–H and O–H groups in total. The van der Waals surface area contributed by atoms with E-state index in [1.807, 2.05) is 11.8 Å². The fraction of sp³-hybridized carbons (Fsp3) is 0.526. The van der Waals surface area contributed by atoms with E-state index in [-0.39, 0.29) is 6.09 Å². The molecular formula is C19H24N2O3. The molecule has 3 heterocycles. The van der Waals surface area contributed by atoms with Gasteiger partial charge in [0.25, 0.3) is 0 Å². The number of carbonyl (C=O) groups excluding carboxylic acids is 1. The predicted octanol–water partition coefficient (Wildman–Crippen LogP) is 3.43. The Bertz CT molecular complexity index is 775. The van der Waals surface area contributed by atoms with Gasteiger partial charge in [0.15, 0.2) is 0 Å². The number of ether oxygens (including phenoxy) is 2. The fourth-order valence-electron chi connectivity index (χ4n) is 4.02. The number of rotatable bonds is 2. The largest absolute Gasteiger partial charge is 0.450 e. The summed E-state index contributed by atoms with van der Waals surface area (Å²) < 4.78 is 13.3. The first-order chi connectivity index (χ1) is 11.7. The van der Waals surface area contributed by atoms with Crippen molar-refractivity contribution in [1.82, 2.24) is 9.47 Å². The number of aryl methyl sites for hydroxylation is 1. The average molecular weight is 328 g/mol. The highest BCUT2D eigenvalue weighted by Gasteiger charge is 2.30. The van der Waals surface area contributed by atoms with Gasteiger partial charge >= 0.3 is 6.09 Å². The normalized spacial score (nSPS) is 20.4. The number of nitrogens with zero attached hydrogens (tertiary/aromatic N) is 2. The van der Waals surface area contributed by atoms with Crippen LogP contribution in [0.2, 0.25) is 0 Å². The number of amides is 1. The lowest BCUT2D eigenvalue weighted by molar-refractivity contribution is 0.102. The van der Waals surface area contributed by atoms with E-state index in [0.717, 1.165) is 26.1 Å². The number of aromatic nitrogens is 1. The van der Waals surface area contributed by atoms with E-state index in [4.69, 9.17) is 9.47 Å². The van der Waals surface area contributed by atoms with Crippen LogP contribution in [0.5, 0.6) is 0 Å². The maximum atomic E-state index is 12.2. The standard InChI is InChI=1S/C19H24N2O3/c1-3-24-19(22)20-8-6-18-16(11-20)15-10-13(2)4-5-17(15)21(18)14-7-9-23-12-14/h4-5,10,14H,3,6-9,11-12H2,1-2H3. The Morgan fingerprint density at radius 3 is 3.04 bits per heavy atom. The molecule has 1 amide bonds. The average Bonchev–Trinajstić information content (AvgIpc) is 3.20. The van der Waals surface area contributed by atoms with Gasteiger partial charge in [-0.25, -0.2) is 4.79 Å². The molecule has 128 valence electrons. The topological polar surface area (TPSA) is 43.7 Å². The van der Waals surface area contributed by atoms with Crippen molar-refractivity contribution in [2.75, 3.05) is 26.4 Å². The molecule has 5 nitrogen and oxygen atoms in total. The maximum Gasteiger partial charge on any atom is 0.410 e. The van der Waals surface area contributed by atoms with Crippen molar-refractivity contribution in [2.24, 2.45) is 0 Å². The van der Waals surface area contributed by atoms with Gasteiger partial charge in [-0.3, -0.25) is 0 Å². The van der Waals surface area contributed by atoms with E-state index in [9.17, 15) is 4.79 Å². The zero-order chi connectivity index (χ0) is 16.7. The summed E-state index contributed by atoms with van der Waals surface area (Å²) in [6.45, 7) is 7.36. The van der Waals surface area contributed by atoms with Crippen LogP contribution in [0, 0.1) is 6.92 Å². The van der Waals surface area contributed by atoms with Crippen LogP contribution >= 0.6 is 0 Å². The van der Waals surface area contributed by atoms with Gasteiger partial charge < -0.3 is 18.9 Å². The van der Waals surface area contributed by atoms with Gasteiger partial charge in [-0.1, -0.05) is 11.6 Å². The van der Waals surface area contributed by atoms with Gasteiger partial charge in [0, 0.05) is 41.7 Å². The van der Waals surface area contributed by atoms with Gasteiger partial charge in [0.1, 0.15) is 0 Å². The predicted molar refractivity (Wildman–Crippen MR) is 92.3 cm³/mol. The lowest BCUT2D eigenvalue weighted by atomic mass is 10.0. The summed E-state index contributed by atoms with van der Waals surface area (Å²) in [6, 6.07) is 7.04. The van der Waals surface area contributed by atoms with Crippen LogP contribution in [0.25, 0.3) is 10.9 Å². The lowest BCUT2D eigenvalue weighted by Crippen LogP contribution is -2.37. The maximum absolute atomic E-state index is 12.2. The first-order valence-electron chi connectivity index (χ1n) is 8.80. The lowest BCUT2D eigenvalue weighted by Gasteiger charge is -2.28. The molecule has 1 unspecified atom stereocenters. The van der Waals surface area contributed by atoms with Crippen LogP contribution in [0.4, 0.5) is 4.79 Å². The summed E-state index contributed by atoms with van der Waals surface area (Å²) in [5, 5.41) is 1.27. The number of benzene rings is 1. The molecular weight excluding hydrogens is 304 g/mol. The Labute approximate surface area is 142 Å². The van der Waals surface area contributed by atoms with Crippen molar-refractivity contribution in [3.05, 3.63) is 35.0 Å². The van der Waals surface area contributed by atoms with Crippen molar-refractivity contribution in [3.63, 3.8) is 0 Å². The first kappa shape index (κ1) is 15.5. The van der Waals surface area contributed by atoms with Crippen LogP contribution in [-0.2, 0) is 22.4 Å². The molecule has 1 fully saturated rings. The van der Waals surface area contributed by atoms with Crippen molar-refractivity contribution in [1.29, 1.82) is 0 Å². The Hall–Kier alpha value is -2.01. The van der Waals surface area contributed by atoms with E-state index < -0.39 is 0 Å². The number of carbonyl (C=O) groups is 1.